The average Bonchev–Trinajstić information content (AvgIpc) is 2.81. The van der Waals surface area contributed by atoms with E-state index in [1.165, 1.54) is 0 Å². The number of nitrogens with one attached hydrogen (secondary N) is 1. The van der Waals surface area contributed by atoms with Crippen molar-refractivity contribution in [3.05, 3.63) is 11.9 Å². The van der Waals surface area contributed by atoms with Crippen LogP contribution < -0.4 is 5.32 Å². The number of hydrogen-bond donors (Lipinski definition) is 1. The van der Waals surface area contributed by atoms with E-state index in [1.807, 2.05) is 7.05 Å². The van der Waals surface area contributed by atoms with Crippen molar-refractivity contribution in [3.63, 3.8) is 0 Å². The Morgan fingerprint density at radius 3 is 2.89 bits per heavy atom. The van der Waals surface area contributed by atoms with Gasteiger partial charge in [-0.05, 0) is 19.4 Å². The van der Waals surface area contributed by atoms with Crippen LogP contribution in [0.15, 0.2) is 6.20 Å². The molecule has 1 rings (SSSR count). The van der Waals surface area contributed by atoms with Crippen LogP contribution in [0, 0.1) is 5.92 Å². The molecule has 6 nitrogen and oxygen atoms in total. The Kier molecular flexibility index (Phi) is 5.77. The molecule has 1 aromatic heterocycles. The van der Waals surface area contributed by atoms with Gasteiger partial charge in [0.1, 0.15) is 0 Å². The molecule has 0 radical (unpaired) electrons. The predicted molar refractivity (Wildman–Crippen MR) is 70.4 cm³/mol. The molecule has 1 amide bonds. The second-order valence-corrected chi connectivity index (χ2v) is 4.88. The lowest BCUT2D eigenvalue weighted by Crippen LogP contribution is -2.33. The number of nitrogens with zero attached hydrogens (tertiary/aromatic N) is 4. The molecule has 0 fully saturated rings. The molecule has 1 aromatic rings. The van der Waals surface area contributed by atoms with Crippen LogP contribution in [0.3, 0.4) is 0 Å². The van der Waals surface area contributed by atoms with E-state index in [0.29, 0.717) is 18.2 Å². The second-order valence-electron chi connectivity index (χ2n) is 4.88. The molecule has 0 aliphatic carbocycles. The van der Waals surface area contributed by atoms with Gasteiger partial charge in [-0.1, -0.05) is 19.1 Å². The van der Waals surface area contributed by atoms with E-state index in [-0.39, 0.29) is 5.91 Å². The summed E-state index contributed by atoms with van der Waals surface area (Å²) in [7, 11) is 3.63. The van der Waals surface area contributed by atoms with Crippen molar-refractivity contribution in [1.82, 2.24) is 25.2 Å². The molecular formula is C12H23N5O. The number of aromatic nitrogens is 3. The summed E-state index contributed by atoms with van der Waals surface area (Å²) < 4.78 is 1.74. The molecule has 0 unspecified atom stereocenters. The molecule has 0 saturated carbocycles. The number of aryl methyl sites for hydroxylation is 1. The van der Waals surface area contributed by atoms with Crippen LogP contribution in [0.1, 0.15) is 30.8 Å². The third-order valence-corrected chi connectivity index (χ3v) is 2.74. The lowest BCUT2D eigenvalue weighted by molar-refractivity contribution is 0.0791. The van der Waals surface area contributed by atoms with E-state index >= 15 is 0 Å². The van der Waals surface area contributed by atoms with E-state index in [2.05, 4.69) is 29.5 Å². The van der Waals surface area contributed by atoms with Gasteiger partial charge in [0, 0.05) is 26.7 Å². The van der Waals surface area contributed by atoms with Gasteiger partial charge in [-0.3, -0.25) is 9.48 Å². The third-order valence-electron chi connectivity index (χ3n) is 2.74. The highest BCUT2D eigenvalue weighted by atomic mass is 16.2. The fourth-order valence-electron chi connectivity index (χ4n) is 1.47. The number of amides is 1. The zero-order valence-corrected chi connectivity index (χ0v) is 11.7. The van der Waals surface area contributed by atoms with Gasteiger partial charge in [0.25, 0.3) is 5.91 Å². The summed E-state index contributed by atoms with van der Waals surface area (Å²) in [6.07, 6.45) is 2.76. The summed E-state index contributed by atoms with van der Waals surface area (Å²) in [5.41, 5.74) is 0.414. The number of likely N-dealkylation sites (N-methyl/N-ethyl adjacent to an activating group) is 2. The van der Waals surface area contributed by atoms with Gasteiger partial charge >= 0.3 is 0 Å². The summed E-state index contributed by atoms with van der Waals surface area (Å²) >= 11 is 0. The predicted octanol–water partition coefficient (Wildman–Crippen LogP) is 0.616. The van der Waals surface area contributed by atoms with Crippen LogP contribution in [0.2, 0.25) is 0 Å². The highest BCUT2D eigenvalue weighted by molar-refractivity contribution is 5.91. The lowest BCUT2D eigenvalue weighted by atomic mass is 10.1. The first-order chi connectivity index (χ1) is 8.54. The summed E-state index contributed by atoms with van der Waals surface area (Å²) in [6, 6.07) is 0. The van der Waals surface area contributed by atoms with Gasteiger partial charge in [-0.2, -0.15) is 0 Å². The Morgan fingerprint density at radius 2 is 2.28 bits per heavy atom. The van der Waals surface area contributed by atoms with Crippen molar-refractivity contribution in [2.75, 3.05) is 27.2 Å². The Balaban J connectivity index is 2.53. The molecule has 0 aliphatic rings. The number of carbonyl (C=O) groups is 1. The smallest absolute Gasteiger partial charge is 0.275 e. The molecule has 0 spiro atoms. The first-order valence-electron chi connectivity index (χ1n) is 6.34. The van der Waals surface area contributed by atoms with E-state index < -0.39 is 0 Å². The monoisotopic (exact) mass is 253 g/mol. The zero-order valence-electron chi connectivity index (χ0n) is 11.7. The molecule has 6 heteroatoms. The highest BCUT2D eigenvalue weighted by Gasteiger charge is 2.15. The normalized spacial score (nSPS) is 10.9. The van der Waals surface area contributed by atoms with E-state index in [0.717, 1.165) is 19.5 Å². The van der Waals surface area contributed by atoms with E-state index in [4.69, 9.17) is 0 Å². The Bertz CT molecular complexity index is 374. The summed E-state index contributed by atoms with van der Waals surface area (Å²) in [5, 5.41) is 10.9. The highest BCUT2D eigenvalue weighted by Crippen LogP contribution is 2.03. The van der Waals surface area contributed by atoms with Crippen molar-refractivity contribution in [3.8, 4) is 0 Å². The quantitative estimate of drug-likeness (QED) is 0.773. The van der Waals surface area contributed by atoms with Crippen LogP contribution in [-0.4, -0.2) is 53.0 Å². The molecule has 102 valence electrons. The Labute approximate surface area is 108 Å². The van der Waals surface area contributed by atoms with Gasteiger partial charge in [0.05, 0.1) is 6.20 Å². The molecule has 18 heavy (non-hydrogen) atoms. The average molecular weight is 253 g/mol. The zero-order chi connectivity index (χ0) is 13.5. The minimum atomic E-state index is -0.0824. The van der Waals surface area contributed by atoms with Crippen LogP contribution in [-0.2, 0) is 6.54 Å². The minimum Gasteiger partial charge on any atom is -0.339 e. The van der Waals surface area contributed by atoms with Crippen molar-refractivity contribution in [2.45, 2.75) is 26.8 Å². The van der Waals surface area contributed by atoms with Gasteiger partial charge in [0.2, 0.25) is 0 Å². The molecular weight excluding hydrogens is 230 g/mol. The van der Waals surface area contributed by atoms with Crippen molar-refractivity contribution in [2.24, 2.45) is 5.92 Å². The van der Waals surface area contributed by atoms with Gasteiger partial charge < -0.3 is 10.2 Å². The molecule has 1 heterocycles. The van der Waals surface area contributed by atoms with Gasteiger partial charge in [-0.25, -0.2) is 0 Å². The summed E-state index contributed by atoms with van der Waals surface area (Å²) in [4.78, 5) is 13.6. The number of hydrogen-bond acceptors (Lipinski definition) is 4. The van der Waals surface area contributed by atoms with Crippen LogP contribution in [0.5, 0.6) is 0 Å². The number of carbonyl (C=O) groups excluding carboxylic acids is 1. The van der Waals surface area contributed by atoms with Crippen LogP contribution in [0.25, 0.3) is 0 Å². The maximum atomic E-state index is 12.0. The molecule has 0 atom stereocenters. The fourth-order valence-corrected chi connectivity index (χ4v) is 1.47. The first-order valence-corrected chi connectivity index (χ1v) is 6.34. The number of rotatable bonds is 7. The fraction of sp³-hybridized carbons (Fsp3) is 0.750. The lowest BCUT2D eigenvalue weighted by Gasteiger charge is -2.14. The molecule has 1 N–H and O–H groups in total. The standard InChI is InChI=1S/C12H23N5O/c1-10(2)5-7-17-9-11(14-15-17)12(18)16(4)8-6-13-3/h9-10,13H,5-8H2,1-4H3. The Morgan fingerprint density at radius 1 is 1.56 bits per heavy atom. The van der Waals surface area contributed by atoms with Crippen LogP contribution in [0.4, 0.5) is 0 Å². The maximum absolute atomic E-state index is 12.0. The van der Waals surface area contributed by atoms with Gasteiger partial charge in [0.15, 0.2) is 5.69 Å². The molecule has 0 bridgehead atoms. The minimum absolute atomic E-state index is 0.0824. The largest absolute Gasteiger partial charge is 0.339 e. The summed E-state index contributed by atoms with van der Waals surface area (Å²) in [5.74, 6) is 0.535. The van der Waals surface area contributed by atoms with Crippen LogP contribution >= 0.6 is 0 Å². The SMILES string of the molecule is CNCCN(C)C(=O)c1cn(CCC(C)C)nn1. The van der Waals surface area contributed by atoms with E-state index in [1.54, 1.807) is 22.8 Å². The molecule has 0 aromatic carbocycles. The van der Waals surface area contributed by atoms with Gasteiger partial charge in [-0.15, -0.1) is 5.10 Å². The van der Waals surface area contributed by atoms with Crippen molar-refractivity contribution in [1.29, 1.82) is 0 Å². The molecule has 0 saturated heterocycles. The summed E-state index contributed by atoms with van der Waals surface area (Å²) in [6.45, 7) is 6.55. The molecule has 0 aliphatic heterocycles. The first kappa shape index (κ1) is 14.6. The Hall–Kier alpha value is -1.43. The van der Waals surface area contributed by atoms with E-state index in [9.17, 15) is 4.79 Å². The topological polar surface area (TPSA) is 63.1 Å². The maximum Gasteiger partial charge on any atom is 0.275 e. The second kappa shape index (κ2) is 7.10. The van der Waals surface area contributed by atoms with Crippen molar-refractivity contribution < 1.29 is 4.79 Å². The van der Waals surface area contributed by atoms with Crippen molar-refractivity contribution >= 4 is 5.91 Å². The third kappa shape index (κ3) is 4.44.